The van der Waals surface area contributed by atoms with Crippen LogP contribution in [0, 0.1) is 11.3 Å². The monoisotopic (exact) mass is 285 g/mol. The third-order valence-electron chi connectivity index (χ3n) is 4.27. The maximum atomic E-state index is 12.5. The van der Waals surface area contributed by atoms with Crippen LogP contribution < -0.4 is 4.74 Å². The predicted molar refractivity (Wildman–Crippen MR) is 78.2 cm³/mol. The Morgan fingerprint density at radius 3 is 2.81 bits per heavy atom. The molecule has 1 aromatic carbocycles. The average molecular weight is 285 g/mol. The van der Waals surface area contributed by atoms with Gasteiger partial charge in [-0.25, -0.2) is 0 Å². The zero-order valence-electron chi connectivity index (χ0n) is 12.2. The highest BCUT2D eigenvalue weighted by atomic mass is 16.5. The minimum absolute atomic E-state index is 0.0777. The summed E-state index contributed by atoms with van der Waals surface area (Å²) in [4.78, 5) is 16.5. The van der Waals surface area contributed by atoms with Crippen molar-refractivity contribution in [3.8, 4) is 11.8 Å². The first-order valence-electron chi connectivity index (χ1n) is 7.37. The second kappa shape index (κ2) is 5.74. The lowest BCUT2D eigenvalue weighted by Crippen LogP contribution is -2.51. The third-order valence-corrected chi connectivity index (χ3v) is 4.27. The molecule has 2 heterocycles. The lowest BCUT2D eigenvalue weighted by molar-refractivity contribution is 0.0615. The van der Waals surface area contributed by atoms with Crippen molar-refractivity contribution in [3.05, 3.63) is 29.3 Å². The first kappa shape index (κ1) is 13.9. The van der Waals surface area contributed by atoms with Crippen molar-refractivity contribution in [1.82, 2.24) is 9.80 Å². The second-order valence-electron chi connectivity index (χ2n) is 5.55. The zero-order valence-corrected chi connectivity index (χ0v) is 12.2. The molecule has 21 heavy (non-hydrogen) atoms. The Kier molecular flexibility index (Phi) is 3.80. The van der Waals surface area contributed by atoms with Gasteiger partial charge in [0, 0.05) is 38.2 Å². The van der Waals surface area contributed by atoms with Gasteiger partial charge in [-0.15, -0.1) is 0 Å². The average Bonchev–Trinajstić information content (AvgIpc) is 3.01. The van der Waals surface area contributed by atoms with E-state index in [-0.39, 0.29) is 11.9 Å². The minimum atomic E-state index is -0.0839. The van der Waals surface area contributed by atoms with Crippen LogP contribution in [0.2, 0.25) is 0 Å². The summed E-state index contributed by atoms with van der Waals surface area (Å²) < 4.78 is 5.47. The van der Waals surface area contributed by atoms with Crippen molar-refractivity contribution >= 4 is 5.91 Å². The molecule has 0 radical (unpaired) electrons. The quantitative estimate of drug-likeness (QED) is 0.821. The van der Waals surface area contributed by atoms with Crippen molar-refractivity contribution in [2.24, 2.45) is 0 Å². The van der Waals surface area contributed by atoms with Crippen molar-refractivity contribution in [1.29, 1.82) is 5.26 Å². The van der Waals surface area contributed by atoms with Crippen LogP contribution in [0.1, 0.15) is 22.8 Å². The molecule has 0 saturated carbocycles. The highest BCUT2D eigenvalue weighted by Crippen LogP contribution is 2.26. The van der Waals surface area contributed by atoms with Gasteiger partial charge in [0.1, 0.15) is 5.75 Å². The number of carbonyl (C=O) groups excluding carboxylic acids is 1. The number of nitriles is 1. The summed E-state index contributed by atoms with van der Waals surface area (Å²) in [6, 6.07) is 7.85. The molecule has 5 heteroatoms. The molecule has 0 aromatic heterocycles. The van der Waals surface area contributed by atoms with Gasteiger partial charge in [-0.05, 0) is 30.7 Å². The van der Waals surface area contributed by atoms with Crippen molar-refractivity contribution in [2.45, 2.75) is 19.4 Å². The Balaban J connectivity index is 1.66. The largest absolute Gasteiger partial charge is 0.493 e. The van der Waals surface area contributed by atoms with E-state index >= 15 is 0 Å². The number of ether oxygens (including phenoxy) is 1. The smallest absolute Gasteiger partial charge is 0.253 e. The summed E-state index contributed by atoms with van der Waals surface area (Å²) in [7, 11) is 0. The molecule has 3 rings (SSSR count). The first-order valence-corrected chi connectivity index (χ1v) is 7.37. The van der Waals surface area contributed by atoms with Crippen LogP contribution >= 0.6 is 0 Å². The van der Waals surface area contributed by atoms with E-state index in [1.54, 1.807) is 0 Å². The minimum Gasteiger partial charge on any atom is -0.493 e. The van der Waals surface area contributed by atoms with Crippen LogP contribution in [0.5, 0.6) is 5.75 Å². The van der Waals surface area contributed by atoms with E-state index in [1.165, 1.54) is 0 Å². The second-order valence-corrected chi connectivity index (χ2v) is 5.55. The number of carbonyl (C=O) groups is 1. The van der Waals surface area contributed by atoms with Crippen LogP contribution in [0.3, 0.4) is 0 Å². The van der Waals surface area contributed by atoms with E-state index in [2.05, 4.69) is 11.0 Å². The van der Waals surface area contributed by atoms with Gasteiger partial charge in [-0.1, -0.05) is 0 Å². The Bertz CT molecular complexity index is 586. The van der Waals surface area contributed by atoms with Crippen LogP contribution in [-0.2, 0) is 6.42 Å². The third kappa shape index (κ3) is 2.72. The van der Waals surface area contributed by atoms with Gasteiger partial charge in [-0.2, -0.15) is 5.26 Å². The molecule has 2 aliphatic rings. The maximum Gasteiger partial charge on any atom is 0.253 e. The fourth-order valence-corrected chi connectivity index (χ4v) is 2.90. The first-order chi connectivity index (χ1) is 10.2. The standard InChI is InChI=1S/C16H19N3O2/c1-12(11-17)18-5-7-19(8-6-18)16(20)14-2-3-15-13(10-14)4-9-21-15/h2-3,10,12H,4-9H2,1H3. The molecule has 1 aromatic rings. The van der Waals surface area contributed by atoms with Crippen LogP contribution in [0.15, 0.2) is 18.2 Å². The summed E-state index contributed by atoms with van der Waals surface area (Å²) in [5.74, 6) is 0.980. The number of piperazine rings is 1. The Labute approximate surface area is 124 Å². The molecular formula is C16H19N3O2. The molecule has 2 aliphatic heterocycles. The normalized spacial score (nSPS) is 19.5. The number of hydrogen-bond acceptors (Lipinski definition) is 4. The molecule has 1 fully saturated rings. The summed E-state index contributed by atoms with van der Waals surface area (Å²) in [5.41, 5.74) is 1.86. The molecule has 0 aliphatic carbocycles. The zero-order chi connectivity index (χ0) is 14.8. The van der Waals surface area contributed by atoms with Crippen molar-refractivity contribution < 1.29 is 9.53 Å². The van der Waals surface area contributed by atoms with Gasteiger partial charge in [0.05, 0.1) is 18.7 Å². The number of benzene rings is 1. The molecule has 1 saturated heterocycles. The van der Waals surface area contributed by atoms with Crippen molar-refractivity contribution in [2.75, 3.05) is 32.8 Å². The maximum absolute atomic E-state index is 12.5. The number of fused-ring (bicyclic) bond motifs is 1. The molecule has 1 amide bonds. The molecule has 1 unspecified atom stereocenters. The van der Waals surface area contributed by atoms with Gasteiger partial charge >= 0.3 is 0 Å². The highest BCUT2D eigenvalue weighted by molar-refractivity contribution is 5.94. The number of hydrogen-bond donors (Lipinski definition) is 0. The van der Waals surface area contributed by atoms with Gasteiger partial charge in [0.15, 0.2) is 0 Å². The fourth-order valence-electron chi connectivity index (χ4n) is 2.90. The lowest BCUT2D eigenvalue weighted by Gasteiger charge is -2.35. The molecule has 0 spiro atoms. The summed E-state index contributed by atoms with van der Waals surface area (Å²) >= 11 is 0. The van der Waals surface area contributed by atoms with Crippen molar-refractivity contribution in [3.63, 3.8) is 0 Å². The van der Waals surface area contributed by atoms with E-state index < -0.39 is 0 Å². The SMILES string of the molecule is CC(C#N)N1CCN(C(=O)c2ccc3c(c2)CCO3)CC1. The number of nitrogens with zero attached hydrogens (tertiary/aromatic N) is 3. The van der Waals surface area contributed by atoms with E-state index in [0.29, 0.717) is 19.7 Å². The topological polar surface area (TPSA) is 56.6 Å². The Hall–Kier alpha value is -2.06. The van der Waals surface area contributed by atoms with Gasteiger partial charge in [0.2, 0.25) is 0 Å². The summed E-state index contributed by atoms with van der Waals surface area (Å²) in [6.07, 6.45) is 0.879. The molecular weight excluding hydrogens is 266 g/mol. The number of rotatable bonds is 2. The van der Waals surface area contributed by atoms with Gasteiger partial charge in [0.25, 0.3) is 5.91 Å². The fraction of sp³-hybridized carbons (Fsp3) is 0.500. The van der Waals surface area contributed by atoms with Gasteiger partial charge < -0.3 is 9.64 Å². The van der Waals surface area contributed by atoms with E-state index in [4.69, 9.17) is 10.00 Å². The molecule has 110 valence electrons. The highest BCUT2D eigenvalue weighted by Gasteiger charge is 2.25. The Morgan fingerprint density at radius 1 is 1.33 bits per heavy atom. The lowest BCUT2D eigenvalue weighted by atomic mass is 10.1. The van der Waals surface area contributed by atoms with E-state index in [0.717, 1.165) is 36.4 Å². The molecule has 0 bridgehead atoms. The van der Waals surface area contributed by atoms with Crippen LogP contribution in [0.4, 0.5) is 0 Å². The van der Waals surface area contributed by atoms with E-state index in [9.17, 15) is 4.79 Å². The number of amides is 1. The van der Waals surface area contributed by atoms with Crippen LogP contribution in [0.25, 0.3) is 0 Å². The Morgan fingerprint density at radius 2 is 2.10 bits per heavy atom. The van der Waals surface area contributed by atoms with Crippen LogP contribution in [-0.4, -0.2) is 54.5 Å². The summed E-state index contributed by atoms with van der Waals surface area (Å²) in [5, 5.41) is 8.95. The van der Waals surface area contributed by atoms with Gasteiger partial charge in [-0.3, -0.25) is 9.69 Å². The van der Waals surface area contributed by atoms with E-state index in [1.807, 2.05) is 30.0 Å². The molecule has 5 nitrogen and oxygen atoms in total. The molecule has 1 atom stereocenters. The predicted octanol–water partition coefficient (Wildman–Crippen LogP) is 1.29. The summed E-state index contributed by atoms with van der Waals surface area (Å²) in [6.45, 7) is 5.48. The molecule has 0 N–H and O–H groups in total.